The number of nitrogens with zero attached hydrogens (tertiary/aromatic N) is 4. The molecular weight excluding hydrogens is 357 g/mol. The number of fused-ring (bicyclic) bond motifs is 1. The summed E-state index contributed by atoms with van der Waals surface area (Å²) in [5.41, 5.74) is 2.06. The number of benzene rings is 1. The van der Waals surface area contributed by atoms with Crippen LogP contribution >= 0.6 is 11.8 Å². The van der Waals surface area contributed by atoms with Gasteiger partial charge in [0, 0.05) is 18.8 Å². The average molecular weight is 375 g/mol. The van der Waals surface area contributed by atoms with Gasteiger partial charge in [-0.15, -0.1) is 0 Å². The van der Waals surface area contributed by atoms with Crippen LogP contribution in [0.2, 0.25) is 0 Å². The van der Waals surface area contributed by atoms with Gasteiger partial charge in [-0.05, 0) is 17.7 Å². The van der Waals surface area contributed by atoms with Crippen LogP contribution < -0.4 is 5.32 Å². The molecule has 1 fully saturated rings. The first-order valence-electron chi connectivity index (χ1n) is 8.23. The first kappa shape index (κ1) is 17.2. The summed E-state index contributed by atoms with van der Waals surface area (Å²) in [5, 5.41) is 22.8. The van der Waals surface area contributed by atoms with Crippen molar-refractivity contribution >= 4 is 28.7 Å². The molecule has 3 atom stereocenters. The highest BCUT2D eigenvalue weighted by molar-refractivity contribution is 8.00. The molecule has 2 aromatic heterocycles. The Morgan fingerprint density at radius 1 is 1.27 bits per heavy atom. The molecule has 3 heterocycles. The smallest absolute Gasteiger partial charge is 0.165 e. The van der Waals surface area contributed by atoms with Crippen LogP contribution in [-0.2, 0) is 13.1 Å². The summed E-state index contributed by atoms with van der Waals surface area (Å²) >= 11 is 1.54. The Bertz CT molecular complexity index is 921. The molecule has 136 valence electrons. The van der Waals surface area contributed by atoms with E-state index in [0.29, 0.717) is 35.8 Å². The molecule has 0 amide bonds. The van der Waals surface area contributed by atoms with Crippen molar-refractivity contribution in [3.05, 3.63) is 48.3 Å². The first-order chi connectivity index (χ1) is 12.6. The van der Waals surface area contributed by atoms with Crippen molar-refractivity contribution in [2.75, 3.05) is 11.1 Å². The van der Waals surface area contributed by atoms with Gasteiger partial charge in [0.25, 0.3) is 0 Å². The first-order valence-corrected chi connectivity index (χ1v) is 9.28. The molecule has 7 nitrogen and oxygen atoms in total. The van der Waals surface area contributed by atoms with E-state index in [1.807, 2.05) is 10.6 Å². The second kappa shape index (κ2) is 7.18. The summed E-state index contributed by atoms with van der Waals surface area (Å²) in [4.78, 5) is 12.9. The van der Waals surface area contributed by atoms with Crippen LogP contribution in [0.5, 0.6) is 0 Å². The van der Waals surface area contributed by atoms with E-state index in [9.17, 15) is 14.6 Å². The number of aromatic nitrogens is 4. The predicted octanol–water partition coefficient (Wildman–Crippen LogP) is 1.41. The molecule has 0 saturated carbocycles. The molecule has 3 N–H and O–H groups in total. The van der Waals surface area contributed by atoms with Gasteiger partial charge in [-0.25, -0.2) is 19.3 Å². The number of imidazole rings is 1. The number of anilines is 1. The highest BCUT2D eigenvalue weighted by Gasteiger charge is 2.34. The van der Waals surface area contributed by atoms with E-state index in [2.05, 4.69) is 20.3 Å². The standard InChI is InChI=1S/C17H18FN5O2S/c18-11-3-1-2-10(4-11)5-19-16-14-17(21-8-20-16)23(9-22-14)6-13-15(25)12(24)7-26-13/h1-4,8-9,12-13,15,24-25H,5-7H2,(H,19,20,21). The summed E-state index contributed by atoms with van der Waals surface area (Å²) in [6, 6.07) is 6.36. The second-order valence-corrected chi connectivity index (χ2v) is 7.48. The van der Waals surface area contributed by atoms with E-state index >= 15 is 0 Å². The van der Waals surface area contributed by atoms with Crippen molar-refractivity contribution in [3.63, 3.8) is 0 Å². The normalized spacial score (nSPS) is 22.8. The number of aliphatic hydroxyl groups excluding tert-OH is 2. The minimum atomic E-state index is -0.759. The summed E-state index contributed by atoms with van der Waals surface area (Å²) < 4.78 is 15.1. The molecule has 1 aliphatic rings. The Morgan fingerprint density at radius 2 is 2.15 bits per heavy atom. The van der Waals surface area contributed by atoms with Gasteiger partial charge in [-0.3, -0.25) is 0 Å². The third kappa shape index (κ3) is 3.37. The van der Waals surface area contributed by atoms with Crippen molar-refractivity contribution in [1.29, 1.82) is 0 Å². The van der Waals surface area contributed by atoms with Crippen LogP contribution in [0.15, 0.2) is 36.9 Å². The molecule has 3 unspecified atom stereocenters. The number of halogens is 1. The molecule has 1 aromatic carbocycles. The van der Waals surface area contributed by atoms with Gasteiger partial charge in [0.15, 0.2) is 11.5 Å². The van der Waals surface area contributed by atoms with Gasteiger partial charge in [0.05, 0.1) is 23.8 Å². The highest BCUT2D eigenvalue weighted by atomic mass is 32.2. The Kier molecular flexibility index (Phi) is 4.75. The quantitative estimate of drug-likeness (QED) is 0.621. The largest absolute Gasteiger partial charge is 0.390 e. The summed E-state index contributed by atoms with van der Waals surface area (Å²) in [6.45, 7) is 0.917. The summed E-state index contributed by atoms with van der Waals surface area (Å²) in [7, 11) is 0. The van der Waals surface area contributed by atoms with E-state index in [0.717, 1.165) is 5.56 Å². The molecule has 0 bridgehead atoms. The van der Waals surface area contributed by atoms with Crippen LogP contribution in [0.25, 0.3) is 11.2 Å². The minimum Gasteiger partial charge on any atom is -0.390 e. The van der Waals surface area contributed by atoms with E-state index in [1.165, 1.54) is 30.2 Å². The molecular formula is C17H18FN5O2S. The summed E-state index contributed by atoms with van der Waals surface area (Å²) in [6.07, 6.45) is 1.65. The monoisotopic (exact) mass is 375 g/mol. The lowest BCUT2D eigenvalue weighted by Gasteiger charge is -2.16. The second-order valence-electron chi connectivity index (χ2n) is 6.20. The average Bonchev–Trinajstić information content (AvgIpc) is 3.19. The maximum Gasteiger partial charge on any atom is 0.165 e. The van der Waals surface area contributed by atoms with Crippen molar-refractivity contribution in [2.24, 2.45) is 0 Å². The van der Waals surface area contributed by atoms with E-state index in [1.54, 1.807) is 12.4 Å². The zero-order valence-corrected chi connectivity index (χ0v) is 14.6. The minimum absolute atomic E-state index is 0.110. The van der Waals surface area contributed by atoms with Crippen molar-refractivity contribution in [1.82, 2.24) is 19.5 Å². The zero-order chi connectivity index (χ0) is 18.1. The Morgan fingerprint density at radius 3 is 2.92 bits per heavy atom. The molecule has 1 aliphatic heterocycles. The number of aliphatic hydroxyl groups is 2. The molecule has 26 heavy (non-hydrogen) atoms. The maximum atomic E-state index is 13.3. The fourth-order valence-electron chi connectivity index (χ4n) is 3.00. The fourth-order valence-corrected chi connectivity index (χ4v) is 4.28. The number of hydrogen-bond donors (Lipinski definition) is 3. The summed E-state index contributed by atoms with van der Waals surface area (Å²) in [5.74, 6) is 0.808. The number of hydrogen-bond acceptors (Lipinski definition) is 7. The van der Waals surface area contributed by atoms with Gasteiger partial charge < -0.3 is 20.1 Å². The van der Waals surface area contributed by atoms with Crippen LogP contribution in [0, 0.1) is 5.82 Å². The molecule has 0 radical (unpaired) electrons. The molecule has 1 saturated heterocycles. The molecule has 0 spiro atoms. The maximum absolute atomic E-state index is 13.3. The van der Waals surface area contributed by atoms with Crippen LogP contribution in [0.3, 0.4) is 0 Å². The van der Waals surface area contributed by atoms with Crippen LogP contribution in [-0.4, -0.2) is 52.9 Å². The highest BCUT2D eigenvalue weighted by Crippen LogP contribution is 2.29. The number of nitrogens with one attached hydrogen (secondary N) is 1. The third-order valence-electron chi connectivity index (χ3n) is 4.38. The lowest BCUT2D eigenvalue weighted by molar-refractivity contribution is 0.0396. The van der Waals surface area contributed by atoms with Crippen LogP contribution in [0.4, 0.5) is 10.2 Å². The molecule has 3 aromatic rings. The number of rotatable bonds is 5. The van der Waals surface area contributed by atoms with Gasteiger partial charge in [-0.1, -0.05) is 12.1 Å². The zero-order valence-electron chi connectivity index (χ0n) is 13.8. The lowest BCUT2D eigenvalue weighted by Crippen LogP contribution is -2.31. The van der Waals surface area contributed by atoms with Gasteiger partial charge >= 0.3 is 0 Å². The Balaban J connectivity index is 1.53. The SMILES string of the molecule is OC1CSC(Cn2cnc3c(NCc4cccc(F)c4)ncnc32)C1O. The Hall–Kier alpha value is -2.23. The van der Waals surface area contributed by atoms with E-state index in [-0.39, 0.29) is 11.1 Å². The van der Waals surface area contributed by atoms with E-state index in [4.69, 9.17) is 0 Å². The van der Waals surface area contributed by atoms with Crippen molar-refractivity contribution in [3.8, 4) is 0 Å². The topological polar surface area (TPSA) is 96.1 Å². The van der Waals surface area contributed by atoms with Crippen LogP contribution in [0.1, 0.15) is 5.56 Å². The van der Waals surface area contributed by atoms with E-state index < -0.39 is 12.2 Å². The molecule has 4 rings (SSSR count). The third-order valence-corrected chi connectivity index (χ3v) is 5.77. The fraction of sp³-hybridized carbons (Fsp3) is 0.353. The van der Waals surface area contributed by atoms with Gasteiger partial charge in [-0.2, -0.15) is 11.8 Å². The van der Waals surface area contributed by atoms with Crippen molar-refractivity contribution in [2.45, 2.75) is 30.5 Å². The van der Waals surface area contributed by atoms with Gasteiger partial charge in [0.2, 0.25) is 0 Å². The number of thioether (sulfide) groups is 1. The van der Waals surface area contributed by atoms with Crippen molar-refractivity contribution < 1.29 is 14.6 Å². The lowest BCUT2D eigenvalue weighted by atomic mass is 10.1. The molecule has 9 heteroatoms. The Labute approximate surface area is 153 Å². The van der Waals surface area contributed by atoms with Gasteiger partial charge in [0.1, 0.15) is 17.7 Å². The predicted molar refractivity (Wildman–Crippen MR) is 97.3 cm³/mol. The molecule has 0 aliphatic carbocycles.